The summed E-state index contributed by atoms with van der Waals surface area (Å²) in [5.41, 5.74) is 7.21. The van der Waals surface area contributed by atoms with Gasteiger partial charge in [-0.15, -0.1) is 0 Å². The van der Waals surface area contributed by atoms with Crippen molar-refractivity contribution in [3.8, 4) is 0 Å². The number of nitrogens with two attached hydrogens (primary N) is 1. The lowest BCUT2D eigenvalue weighted by Gasteiger charge is -2.18. The summed E-state index contributed by atoms with van der Waals surface area (Å²) in [6, 6.07) is 9.00. The van der Waals surface area contributed by atoms with Gasteiger partial charge >= 0.3 is 0 Å². The molecule has 0 radical (unpaired) electrons. The van der Waals surface area contributed by atoms with Crippen LogP contribution in [0.5, 0.6) is 0 Å². The molecule has 3 nitrogen and oxygen atoms in total. The number of anilines is 1. The van der Waals surface area contributed by atoms with Crippen LogP contribution in [-0.4, -0.2) is 17.9 Å². The molecule has 110 valence electrons. The van der Waals surface area contributed by atoms with E-state index in [1.54, 1.807) is 25.2 Å². The first-order valence-electron chi connectivity index (χ1n) is 6.13. The van der Waals surface area contributed by atoms with Gasteiger partial charge < -0.3 is 10.6 Å². The van der Waals surface area contributed by atoms with Gasteiger partial charge in [0.15, 0.2) is 0 Å². The van der Waals surface area contributed by atoms with E-state index in [1.165, 1.54) is 17.0 Å². The highest BCUT2D eigenvalue weighted by atomic mass is 35.5. The van der Waals surface area contributed by atoms with E-state index >= 15 is 0 Å². The van der Waals surface area contributed by atoms with Gasteiger partial charge in [-0.1, -0.05) is 23.2 Å². The minimum Gasteiger partial charge on any atom is -0.399 e. The smallest absolute Gasteiger partial charge is 0.254 e. The van der Waals surface area contributed by atoms with Crippen molar-refractivity contribution in [2.75, 3.05) is 12.8 Å². The third kappa shape index (κ3) is 3.65. The number of nitrogens with zero attached hydrogens (tertiary/aromatic N) is 1. The minimum atomic E-state index is -0.627. The van der Waals surface area contributed by atoms with Crippen molar-refractivity contribution < 1.29 is 9.18 Å². The number of nitrogen functional groups attached to an aromatic ring is 1. The van der Waals surface area contributed by atoms with Gasteiger partial charge in [-0.2, -0.15) is 0 Å². The lowest BCUT2D eigenvalue weighted by Crippen LogP contribution is -2.26. The topological polar surface area (TPSA) is 46.3 Å². The zero-order chi connectivity index (χ0) is 15.6. The van der Waals surface area contributed by atoms with E-state index in [-0.39, 0.29) is 23.0 Å². The van der Waals surface area contributed by atoms with Gasteiger partial charge in [-0.3, -0.25) is 4.79 Å². The van der Waals surface area contributed by atoms with Crippen LogP contribution in [0.2, 0.25) is 10.0 Å². The third-order valence-electron chi connectivity index (χ3n) is 2.99. The van der Waals surface area contributed by atoms with Gasteiger partial charge in [0.2, 0.25) is 0 Å². The molecule has 0 bridgehead atoms. The number of halogens is 3. The van der Waals surface area contributed by atoms with Crippen molar-refractivity contribution in [3.05, 3.63) is 63.4 Å². The molecular weight excluding hydrogens is 314 g/mol. The second-order valence-electron chi connectivity index (χ2n) is 4.64. The Balaban J connectivity index is 2.19. The highest BCUT2D eigenvalue weighted by molar-refractivity contribution is 6.31. The van der Waals surface area contributed by atoms with Crippen LogP contribution < -0.4 is 5.73 Å². The van der Waals surface area contributed by atoms with Crippen LogP contribution in [0.25, 0.3) is 0 Å². The lowest BCUT2D eigenvalue weighted by atomic mass is 10.1. The number of hydrogen-bond donors (Lipinski definition) is 1. The molecular formula is C15H13Cl2FN2O. The van der Waals surface area contributed by atoms with E-state index in [2.05, 4.69) is 0 Å². The number of carbonyl (C=O) groups excluding carboxylic acids is 1. The molecule has 0 unspecified atom stereocenters. The highest BCUT2D eigenvalue weighted by Crippen LogP contribution is 2.21. The van der Waals surface area contributed by atoms with E-state index < -0.39 is 5.82 Å². The second kappa shape index (κ2) is 6.33. The summed E-state index contributed by atoms with van der Waals surface area (Å²) in [4.78, 5) is 13.7. The molecule has 1 amide bonds. The number of rotatable bonds is 3. The predicted molar refractivity (Wildman–Crippen MR) is 83.1 cm³/mol. The van der Waals surface area contributed by atoms with Crippen LogP contribution in [0.1, 0.15) is 15.9 Å². The SMILES string of the molecule is CN(Cc1cc(N)ccc1Cl)C(=O)c1ccc(Cl)c(F)c1. The summed E-state index contributed by atoms with van der Waals surface area (Å²) in [5.74, 6) is -0.957. The van der Waals surface area contributed by atoms with Crippen LogP contribution in [0.4, 0.5) is 10.1 Å². The Labute approximate surface area is 132 Å². The Morgan fingerprint density at radius 1 is 1.19 bits per heavy atom. The van der Waals surface area contributed by atoms with Crippen molar-refractivity contribution in [2.45, 2.75) is 6.54 Å². The van der Waals surface area contributed by atoms with Gasteiger partial charge in [-0.05, 0) is 42.0 Å². The van der Waals surface area contributed by atoms with E-state index in [4.69, 9.17) is 28.9 Å². The molecule has 0 spiro atoms. The van der Waals surface area contributed by atoms with Crippen molar-refractivity contribution >= 4 is 34.8 Å². The molecule has 0 atom stereocenters. The molecule has 0 fully saturated rings. The first-order chi connectivity index (χ1) is 9.88. The molecule has 0 heterocycles. The zero-order valence-electron chi connectivity index (χ0n) is 11.2. The van der Waals surface area contributed by atoms with Gasteiger partial charge in [0.05, 0.1) is 5.02 Å². The average Bonchev–Trinajstić information content (AvgIpc) is 2.45. The summed E-state index contributed by atoms with van der Waals surface area (Å²) < 4.78 is 13.4. The Bertz CT molecular complexity index is 691. The maximum absolute atomic E-state index is 13.4. The lowest BCUT2D eigenvalue weighted by molar-refractivity contribution is 0.0784. The van der Waals surface area contributed by atoms with E-state index in [0.29, 0.717) is 10.7 Å². The molecule has 0 aliphatic rings. The highest BCUT2D eigenvalue weighted by Gasteiger charge is 2.15. The van der Waals surface area contributed by atoms with Crippen LogP contribution in [0, 0.1) is 5.82 Å². The third-order valence-corrected chi connectivity index (χ3v) is 3.67. The van der Waals surface area contributed by atoms with Crippen LogP contribution in [-0.2, 0) is 6.54 Å². The first kappa shape index (κ1) is 15.6. The summed E-state index contributed by atoms with van der Waals surface area (Å²) in [6.07, 6.45) is 0. The molecule has 2 rings (SSSR count). The fourth-order valence-electron chi connectivity index (χ4n) is 1.89. The van der Waals surface area contributed by atoms with E-state index in [9.17, 15) is 9.18 Å². The van der Waals surface area contributed by atoms with Gasteiger partial charge in [0, 0.05) is 29.9 Å². The summed E-state index contributed by atoms with van der Waals surface area (Å²) in [5, 5.41) is 0.499. The summed E-state index contributed by atoms with van der Waals surface area (Å²) in [6.45, 7) is 0.271. The molecule has 2 N–H and O–H groups in total. The zero-order valence-corrected chi connectivity index (χ0v) is 12.7. The van der Waals surface area contributed by atoms with E-state index in [0.717, 1.165) is 11.6 Å². The van der Waals surface area contributed by atoms with Crippen LogP contribution >= 0.6 is 23.2 Å². The summed E-state index contributed by atoms with van der Waals surface area (Å²) in [7, 11) is 1.61. The van der Waals surface area contributed by atoms with Crippen molar-refractivity contribution in [3.63, 3.8) is 0 Å². The normalized spacial score (nSPS) is 10.5. The average molecular weight is 327 g/mol. The molecule has 21 heavy (non-hydrogen) atoms. The van der Waals surface area contributed by atoms with Gasteiger partial charge in [-0.25, -0.2) is 4.39 Å². The number of benzene rings is 2. The predicted octanol–water partition coefficient (Wildman–Crippen LogP) is 3.99. The Morgan fingerprint density at radius 3 is 2.52 bits per heavy atom. The maximum Gasteiger partial charge on any atom is 0.254 e. The number of carbonyl (C=O) groups is 1. The molecule has 2 aromatic carbocycles. The van der Waals surface area contributed by atoms with E-state index in [1.807, 2.05) is 0 Å². The molecule has 0 saturated heterocycles. The molecule has 6 heteroatoms. The molecule has 0 aromatic heterocycles. The molecule has 0 aliphatic carbocycles. The Hall–Kier alpha value is -1.78. The quantitative estimate of drug-likeness (QED) is 0.867. The van der Waals surface area contributed by atoms with Crippen LogP contribution in [0.15, 0.2) is 36.4 Å². The fraction of sp³-hybridized carbons (Fsp3) is 0.133. The summed E-state index contributed by atoms with van der Waals surface area (Å²) >= 11 is 11.7. The standard InChI is InChI=1S/C15H13Cl2FN2O/c1-20(8-10-6-11(19)3-5-12(10)16)15(21)9-2-4-13(17)14(18)7-9/h2-7H,8,19H2,1H3. The Morgan fingerprint density at radius 2 is 1.86 bits per heavy atom. The first-order valence-corrected chi connectivity index (χ1v) is 6.88. The molecule has 0 saturated carbocycles. The van der Waals surface area contributed by atoms with Gasteiger partial charge in [0.25, 0.3) is 5.91 Å². The van der Waals surface area contributed by atoms with Crippen LogP contribution in [0.3, 0.4) is 0 Å². The fourth-order valence-corrected chi connectivity index (χ4v) is 2.19. The van der Waals surface area contributed by atoms with Gasteiger partial charge in [0.1, 0.15) is 5.82 Å². The van der Waals surface area contributed by atoms with Crippen molar-refractivity contribution in [1.29, 1.82) is 0 Å². The largest absolute Gasteiger partial charge is 0.399 e. The molecule has 0 aliphatic heterocycles. The number of hydrogen-bond acceptors (Lipinski definition) is 2. The maximum atomic E-state index is 13.4. The number of amides is 1. The second-order valence-corrected chi connectivity index (χ2v) is 5.46. The Kier molecular flexibility index (Phi) is 4.70. The van der Waals surface area contributed by atoms with Crippen molar-refractivity contribution in [2.24, 2.45) is 0 Å². The monoisotopic (exact) mass is 326 g/mol. The van der Waals surface area contributed by atoms with Crippen molar-refractivity contribution in [1.82, 2.24) is 4.90 Å². The molecule has 2 aromatic rings. The minimum absolute atomic E-state index is 0.0203.